The molecule has 0 aromatic rings. The van der Waals surface area contributed by atoms with Crippen LogP contribution in [-0.2, 0) is 4.79 Å². The number of rotatable bonds is 1. The molecule has 1 rings (SSSR count). The van der Waals surface area contributed by atoms with E-state index in [4.69, 9.17) is 11.6 Å². The van der Waals surface area contributed by atoms with Crippen LogP contribution in [0.25, 0.3) is 0 Å². The molecule has 1 fully saturated rings. The van der Waals surface area contributed by atoms with E-state index in [1.54, 1.807) is 0 Å². The van der Waals surface area contributed by atoms with Gasteiger partial charge in [-0.15, -0.1) is 0 Å². The Labute approximate surface area is 76.2 Å². The molecule has 0 radical (unpaired) electrons. The second-order valence-electron chi connectivity index (χ2n) is 3.13. The van der Waals surface area contributed by atoms with Gasteiger partial charge in [0, 0.05) is 13.1 Å². The van der Waals surface area contributed by atoms with Crippen molar-refractivity contribution in [1.29, 1.82) is 0 Å². The molecular formula is C7H14N4O2. The molecule has 3 amide bonds. The SMILES string of the molecule is NNC(=O)C1CCCN(C(N)=O)C1. The minimum Gasteiger partial charge on any atom is -0.351 e. The van der Waals surface area contributed by atoms with Gasteiger partial charge in [-0.05, 0) is 12.8 Å². The molecule has 0 saturated carbocycles. The van der Waals surface area contributed by atoms with E-state index in [0.29, 0.717) is 13.1 Å². The summed E-state index contributed by atoms with van der Waals surface area (Å²) in [7, 11) is 0. The Hall–Kier alpha value is -1.30. The minimum atomic E-state index is -0.477. The maximum Gasteiger partial charge on any atom is 0.314 e. The first-order chi connectivity index (χ1) is 6.15. The zero-order valence-electron chi connectivity index (χ0n) is 7.32. The third-order valence-electron chi connectivity index (χ3n) is 2.25. The fourth-order valence-electron chi connectivity index (χ4n) is 1.51. The molecule has 1 heterocycles. The van der Waals surface area contributed by atoms with Crippen molar-refractivity contribution in [2.45, 2.75) is 12.8 Å². The van der Waals surface area contributed by atoms with Crippen LogP contribution in [0.1, 0.15) is 12.8 Å². The molecule has 1 aliphatic rings. The number of nitrogens with zero attached hydrogens (tertiary/aromatic N) is 1. The lowest BCUT2D eigenvalue weighted by molar-refractivity contribution is -0.126. The summed E-state index contributed by atoms with van der Waals surface area (Å²) >= 11 is 0. The van der Waals surface area contributed by atoms with Gasteiger partial charge in [0.15, 0.2) is 0 Å². The molecule has 1 unspecified atom stereocenters. The number of urea groups is 1. The summed E-state index contributed by atoms with van der Waals surface area (Å²) in [6.07, 6.45) is 1.55. The van der Waals surface area contributed by atoms with Gasteiger partial charge in [-0.1, -0.05) is 0 Å². The van der Waals surface area contributed by atoms with Crippen LogP contribution in [0.5, 0.6) is 0 Å². The summed E-state index contributed by atoms with van der Waals surface area (Å²) in [5.41, 5.74) is 7.17. The molecule has 5 N–H and O–H groups in total. The lowest BCUT2D eigenvalue weighted by atomic mass is 9.98. The van der Waals surface area contributed by atoms with Crippen LogP contribution in [0.3, 0.4) is 0 Å². The van der Waals surface area contributed by atoms with Gasteiger partial charge < -0.3 is 10.6 Å². The van der Waals surface area contributed by atoms with E-state index >= 15 is 0 Å². The van der Waals surface area contributed by atoms with Crippen LogP contribution in [0, 0.1) is 5.92 Å². The van der Waals surface area contributed by atoms with Crippen molar-refractivity contribution in [2.24, 2.45) is 17.5 Å². The highest BCUT2D eigenvalue weighted by Gasteiger charge is 2.26. The van der Waals surface area contributed by atoms with Crippen molar-refractivity contribution in [2.75, 3.05) is 13.1 Å². The van der Waals surface area contributed by atoms with Crippen molar-refractivity contribution >= 4 is 11.9 Å². The Balaban J connectivity index is 2.51. The molecule has 13 heavy (non-hydrogen) atoms. The van der Waals surface area contributed by atoms with Crippen LogP contribution in [0.4, 0.5) is 4.79 Å². The minimum absolute atomic E-state index is 0.216. The van der Waals surface area contributed by atoms with Gasteiger partial charge in [-0.25, -0.2) is 10.6 Å². The highest BCUT2D eigenvalue weighted by Crippen LogP contribution is 2.15. The molecule has 0 aromatic carbocycles. The third-order valence-corrected chi connectivity index (χ3v) is 2.25. The maximum atomic E-state index is 11.1. The summed E-state index contributed by atoms with van der Waals surface area (Å²) in [5.74, 6) is 4.54. The van der Waals surface area contributed by atoms with Gasteiger partial charge in [-0.2, -0.15) is 0 Å². The normalized spacial score (nSPS) is 22.5. The zero-order valence-corrected chi connectivity index (χ0v) is 7.32. The van der Waals surface area contributed by atoms with Crippen LogP contribution >= 0.6 is 0 Å². The fourth-order valence-corrected chi connectivity index (χ4v) is 1.51. The van der Waals surface area contributed by atoms with Gasteiger partial charge in [0.2, 0.25) is 5.91 Å². The number of nitrogens with two attached hydrogens (primary N) is 2. The number of piperidine rings is 1. The summed E-state index contributed by atoms with van der Waals surface area (Å²) in [5, 5.41) is 0. The Morgan fingerprint density at radius 1 is 1.46 bits per heavy atom. The lowest BCUT2D eigenvalue weighted by Crippen LogP contribution is -2.48. The van der Waals surface area contributed by atoms with Gasteiger partial charge in [0.1, 0.15) is 0 Å². The average molecular weight is 186 g/mol. The van der Waals surface area contributed by atoms with E-state index < -0.39 is 6.03 Å². The van der Waals surface area contributed by atoms with Crippen molar-refractivity contribution in [1.82, 2.24) is 10.3 Å². The fraction of sp³-hybridized carbons (Fsp3) is 0.714. The number of nitrogens with one attached hydrogen (secondary N) is 1. The molecule has 0 aromatic heterocycles. The summed E-state index contributed by atoms with van der Waals surface area (Å²) in [4.78, 5) is 23.4. The third kappa shape index (κ3) is 2.32. The molecule has 74 valence electrons. The number of carbonyl (C=O) groups is 2. The second kappa shape index (κ2) is 4.08. The monoisotopic (exact) mass is 186 g/mol. The van der Waals surface area contributed by atoms with Crippen molar-refractivity contribution in [3.63, 3.8) is 0 Å². The molecule has 0 bridgehead atoms. The van der Waals surface area contributed by atoms with E-state index in [9.17, 15) is 9.59 Å². The molecule has 6 nitrogen and oxygen atoms in total. The molecule has 6 heteroatoms. The van der Waals surface area contributed by atoms with Gasteiger partial charge in [0.25, 0.3) is 0 Å². The average Bonchev–Trinajstić information content (AvgIpc) is 2.17. The number of hydrazine groups is 1. The number of amides is 3. The number of likely N-dealkylation sites (tertiary alicyclic amines) is 1. The van der Waals surface area contributed by atoms with Crippen molar-refractivity contribution in [3.8, 4) is 0 Å². The first kappa shape index (κ1) is 9.79. The van der Waals surface area contributed by atoms with E-state index in [1.165, 1.54) is 4.90 Å². The largest absolute Gasteiger partial charge is 0.351 e. The molecule has 0 spiro atoms. The molecule has 1 aliphatic heterocycles. The quantitative estimate of drug-likeness (QED) is 0.271. The predicted molar refractivity (Wildman–Crippen MR) is 46.2 cm³/mol. The van der Waals surface area contributed by atoms with Crippen molar-refractivity contribution < 1.29 is 9.59 Å². The van der Waals surface area contributed by atoms with E-state index in [0.717, 1.165) is 12.8 Å². The molecular weight excluding hydrogens is 172 g/mol. The van der Waals surface area contributed by atoms with Crippen LogP contribution in [0.15, 0.2) is 0 Å². The van der Waals surface area contributed by atoms with Crippen LogP contribution in [0.2, 0.25) is 0 Å². The molecule has 0 aliphatic carbocycles. The molecule has 1 saturated heterocycles. The first-order valence-corrected chi connectivity index (χ1v) is 4.20. The Morgan fingerprint density at radius 3 is 2.69 bits per heavy atom. The van der Waals surface area contributed by atoms with Crippen molar-refractivity contribution in [3.05, 3.63) is 0 Å². The highest BCUT2D eigenvalue weighted by atomic mass is 16.2. The number of hydrogen-bond donors (Lipinski definition) is 3. The predicted octanol–water partition coefficient (Wildman–Crippen LogP) is -1.23. The number of primary amides is 1. The Kier molecular flexibility index (Phi) is 3.07. The maximum absolute atomic E-state index is 11.1. The Bertz CT molecular complexity index is 219. The van der Waals surface area contributed by atoms with Gasteiger partial charge >= 0.3 is 6.03 Å². The second-order valence-corrected chi connectivity index (χ2v) is 3.13. The van der Waals surface area contributed by atoms with Crippen LogP contribution < -0.4 is 17.0 Å². The molecule has 1 atom stereocenters. The topological polar surface area (TPSA) is 101 Å². The lowest BCUT2D eigenvalue weighted by Gasteiger charge is -2.30. The Morgan fingerprint density at radius 2 is 2.15 bits per heavy atom. The number of carbonyl (C=O) groups excluding carboxylic acids is 2. The summed E-state index contributed by atoms with van der Waals surface area (Å²) in [6.45, 7) is 1.00. The van der Waals surface area contributed by atoms with Gasteiger partial charge in [0.05, 0.1) is 5.92 Å². The van der Waals surface area contributed by atoms with Gasteiger partial charge in [-0.3, -0.25) is 10.2 Å². The first-order valence-electron chi connectivity index (χ1n) is 4.20. The zero-order chi connectivity index (χ0) is 9.84. The van der Waals surface area contributed by atoms with E-state index in [2.05, 4.69) is 5.43 Å². The number of hydrogen-bond acceptors (Lipinski definition) is 3. The standard InChI is InChI=1S/C7H14N4O2/c8-7(13)11-3-1-2-5(4-11)6(12)10-9/h5H,1-4,9H2,(H2,8,13)(H,10,12). The highest BCUT2D eigenvalue weighted by molar-refractivity contribution is 5.79. The summed E-state index contributed by atoms with van der Waals surface area (Å²) < 4.78 is 0. The summed E-state index contributed by atoms with van der Waals surface area (Å²) in [6, 6.07) is -0.477. The smallest absolute Gasteiger partial charge is 0.314 e. The van der Waals surface area contributed by atoms with Crippen LogP contribution in [-0.4, -0.2) is 29.9 Å². The van der Waals surface area contributed by atoms with E-state index in [-0.39, 0.29) is 11.8 Å². The van der Waals surface area contributed by atoms with E-state index in [1.807, 2.05) is 0 Å².